The molecule has 1 aliphatic rings. The van der Waals surface area contributed by atoms with Gasteiger partial charge in [-0.1, -0.05) is 41.4 Å². The van der Waals surface area contributed by atoms with Gasteiger partial charge in [0.15, 0.2) is 0 Å². The second-order valence-electron chi connectivity index (χ2n) is 8.75. The maximum absolute atomic E-state index is 13.2. The summed E-state index contributed by atoms with van der Waals surface area (Å²) >= 11 is 12.2. The fraction of sp³-hybridized carbons (Fsp3) is 0.480. The molecule has 0 aliphatic carbocycles. The van der Waals surface area contributed by atoms with Crippen molar-refractivity contribution in [2.45, 2.75) is 24.9 Å². The Kier molecular flexibility index (Phi) is 9.41. The van der Waals surface area contributed by atoms with Crippen LogP contribution in [0.25, 0.3) is 0 Å². The maximum Gasteiger partial charge on any atom is 0.227 e. The third kappa shape index (κ3) is 7.08. The smallest absolute Gasteiger partial charge is 0.227 e. The number of carbonyl (C=O) groups is 1. The van der Waals surface area contributed by atoms with Crippen LogP contribution in [0.3, 0.4) is 0 Å². The molecular formula is C25H33Cl2N3O3. The number of benzene rings is 2. The largest absolute Gasteiger partial charge is 0.491 e. The lowest BCUT2D eigenvalue weighted by molar-refractivity contribution is -0.131. The Labute approximate surface area is 206 Å². The molecular weight excluding hydrogens is 461 g/mol. The van der Waals surface area contributed by atoms with Gasteiger partial charge < -0.3 is 19.6 Å². The van der Waals surface area contributed by atoms with E-state index in [-0.39, 0.29) is 31.6 Å². The standard InChI is InChI=1S/C25H33Cl2N3O3/c1-28(2)20-10-11-30(16-20)17-24(19-5-7-21(8-6-19)33-13-12-31)29(3)25(32)15-18-4-9-22(26)23(27)14-18/h4-9,14,20,24,31H,10-13,15-17H2,1-3H3/t20?,24-/m1/s1. The van der Waals surface area contributed by atoms with Gasteiger partial charge in [-0.15, -0.1) is 0 Å². The predicted molar refractivity (Wildman–Crippen MR) is 133 cm³/mol. The van der Waals surface area contributed by atoms with Crippen LogP contribution in [0.15, 0.2) is 42.5 Å². The summed E-state index contributed by atoms with van der Waals surface area (Å²) in [6, 6.07) is 13.5. The second kappa shape index (κ2) is 12.0. The first-order chi connectivity index (χ1) is 15.8. The molecule has 1 aliphatic heterocycles. The zero-order valence-corrected chi connectivity index (χ0v) is 21.0. The van der Waals surface area contributed by atoms with Gasteiger partial charge in [-0.2, -0.15) is 0 Å². The third-order valence-electron chi connectivity index (χ3n) is 6.23. The van der Waals surface area contributed by atoms with E-state index < -0.39 is 0 Å². The van der Waals surface area contributed by atoms with Crippen molar-refractivity contribution in [1.29, 1.82) is 0 Å². The number of aliphatic hydroxyl groups is 1. The first-order valence-electron chi connectivity index (χ1n) is 11.2. The van der Waals surface area contributed by atoms with E-state index in [2.05, 4.69) is 23.9 Å². The molecule has 0 aromatic heterocycles. The summed E-state index contributed by atoms with van der Waals surface area (Å²) in [5, 5.41) is 9.91. The summed E-state index contributed by atoms with van der Waals surface area (Å²) in [4.78, 5) is 19.8. The van der Waals surface area contributed by atoms with Gasteiger partial charge in [0.05, 0.1) is 29.1 Å². The van der Waals surface area contributed by atoms with Crippen molar-refractivity contribution >= 4 is 29.1 Å². The van der Waals surface area contributed by atoms with Crippen LogP contribution in [0.4, 0.5) is 0 Å². The van der Waals surface area contributed by atoms with Crippen molar-refractivity contribution in [3.63, 3.8) is 0 Å². The topological polar surface area (TPSA) is 56.2 Å². The lowest BCUT2D eigenvalue weighted by atomic mass is 10.0. The summed E-state index contributed by atoms with van der Waals surface area (Å²) in [5.41, 5.74) is 1.88. The Morgan fingerprint density at radius 2 is 1.88 bits per heavy atom. The van der Waals surface area contributed by atoms with Crippen molar-refractivity contribution in [2.75, 3.05) is 54.0 Å². The summed E-state index contributed by atoms with van der Waals surface area (Å²) in [6.45, 7) is 2.97. The molecule has 180 valence electrons. The van der Waals surface area contributed by atoms with Crippen LogP contribution in [0.5, 0.6) is 5.75 Å². The number of likely N-dealkylation sites (tertiary alicyclic amines) is 1. The number of aliphatic hydroxyl groups excluding tert-OH is 1. The van der Waals surface area contributed by atoms with Gasteiger partial charge in [0.1, 0.15) is 12.4 Å². The van der Waals surface area contributed by atoms with Crippen LogP contribution >= 0.6 is 23.2 Å². The molecule has 3 rings (SSSR count). The maximum atomic E-state index is 13.2. The number of halogens is 2. The molecule has 1 unspecified atom stereocenters. The van der Waals surface area contributed by atoms with Crippen LogP contribution in [-0.4, -0.2) is 85.7 Å². The molecule has 8 heteroatoms. The fourth-order valence-electron chi connectivity index (χ4n) is 4.17. The van der Waals surface area contributed by atoms with Crippen molar-refractivity contribution in [3.8, 4) is 5.75 Å². The van der Waals surface area contributed by atoms with E-state index >= 15 is 0 Å². The van der Waals surface area contributed by atoms with Crippen molar-refractivity contribution < 1.29 is 14.6 Å². The lowest BCUT2D eigenvalue weighted by Crippen LogP contribution is -2.40. The number of rotatable bonds is 10. The van der Waals surface area contributed by atoms with Gasteiger partial charge in [0.2, 0.25) is 5.91 Å². The molecule has 0 bridgehead atoms. The van der Waals surface area contributed by atoms with Crippen LogP contribution in [-0.2, 0) is 11.2 Å². The van der Waals surface area contributed by atoms with Gasteiger partial charge in [-0.25, -0.2) is 0 Å². The van der Waals surface area contributed by atoms with E-state index in [1.807, 2.05) is 42.3 Å². The van der Waals surface area contributed by atoms with Crippen molar-refractivity contribution in [3.05, 3.63) is 63.6 Å². The van der Waals surface area contributed by atoms with Gasteiger partial charge in [-0.05, 0) is 62.5 Å². The van der Waals surface area contributed by atoms with Crippen LogP contribution in [0.2, 0.25) is 10.0 Å². The molecule has 1 heterocycles. The fourth-order valence-corrected chi connectivity index (χ4v) is 4.49. The Balaban J connectivity index is 1.77. The average Bonchev–Trinajstić information content (AvgIpc) is 3.27. The third-order valence-corrected chi connectivity index (χ3v) is 6.97. The molecule has 2 atom stereocenters. The quantitative estimate of drug-likeness (QED) is 0.546. The van der Waals surface area contributed by atoms with Gasteiger partial charge >= 0.3 is 0 Å². The van der Waals surface area contributed by atoms with E-state index in [0.717, 1.165) is 37.2 Å². The summed E-state index contributed by atoms with van der Waals surface area (Å²) in [5.74, 6) is 0.715. The number of ether oxygens (including phenoxy) is 1. The highest BCUT2D eigenvalue weighted by atomic mass is 35.5. The molecule has 2 aromatic carbocycles. The molecule has 0 saturated carbocycles. The summed E-state index contributed by atoms with van der Waals surface area (Å²) < 4.78 is 5.50. The number of likely N-dealkylation sites (N-methyl/N-ethyl adjacent to an activating group) is 2. The average molecular weight is 494 g/mol. The number of nitrogens with zero attached hydrogens (tertiary/aromatic N) is 3. The normalized spacial score (nSPS) is 17.4. The van der Waals surface area contributed by atoms with Crippen LogP contribution in [0, 0.1) is 0 Å². The minimum Gasteiger partial charge on any atom is -0.491 e. The summed E-state index contributed by atoms with van der Waals surface area (Å²) in [7, 11) is 6.09. The minimum absolute atomic E-state index is 0.0161. The van der Waals surface area contributed by atoms with Crippen molar-refractivity contribution in [2.24, 2.45) is 0 Å². The Hall–Kier alpha value is -1.83. The number of amides is 1. The van der Waals surface area contributed by atoms with Crippen molar-refractivity contribution in [1.82, 2.24) is 14.7 Å². The molecule has 1 fully saturated rings. The SMILES string of the molecule is CN(C)C1CCN(C[C@H](c2ccc(OCCO)cc2)N(C)C(=O)Cc2ccc(Cl)c(Cl)c2)C1. The number of hydrogen-bond donors (Lipinski definition) is 1. The van der Waals surface area contributed by atoms with E-state index in [9.17, 15) is 4.79 Å². The molecule has 0 spiro atoms. The second-order valence-corrected chi connectivity index (χ2v) is 9.57. The molecule has 1 saturated heterocycles. The molecule has 6 nitrogen and oxygen atoms in total. The Morgan fingerprint density at radius 1 is 1.15 bits per heavy atom. The molecule has 1 amide bonds. The highest BCUT2D eigenvalue weighted by Crippen LogP contribution is 2.27. The van der Waals surface area contributed by atoms with E-state index in [0.29, 0.717) is 21.8 Å². The number of carbonyl (C=O) groups excluding carboxylic acids is 1. The molecule has 2 aromatic rings. The summed E-state index contributed by atoms with van der Waals surface area (Å²) in [6.07, 6.45) is 1.37. The molecule has 33 heavy (non-hydrogen) atoms. The van der Waals surface area contributed by atoms with Crippen LogP contribution < -0.4 is 4.74 Å². The van der Waals surface area contributed by atoms with Gasteiger partial charge in [-0.3, -0.25) is 9.69 Å². The van der Waals surface area contributed by atoms with E-state index in [1.54, 1.807) is 12.1 Å². The lowest BCUT2D eigenvalue weighted by Gasteiger charge is -2.32. The minimum atomic E-state index is -0.104. The zero-order chi connectivity index (χ0) is 24.0. The van der Waals surface area contributed by atoms with E-state index in [4.69, 9.17) is 33.0 Å². The first-order valence-corrected chi connectivity index (χ1v) is 12.0. The monoisotopic (exact) mass is 493 g/mol. The van der Waals surface area contributed by atoms with E-state index in [1.165, 1.54) is 0 Å². The molecule has 0 radical (unpaired) electrons. The van der Waals surface area contributed by atoms with Gasteiger partial charge in [0, 0.05) is 26.2 Å². The predicted octanol–water partition coefficient (Wildman–Crippen LogP) is 3.74. The van der Waals surface area contributed by atoms with Crippen LogP contribution in [0.1, 0.15) is 23.6 Å². The highest BCUT2D eigenvalue weighted by molar-refractivity contribution is 6.42. The highest BCUT2D eigenvalue weighted by Gasteiger charge is 2.29. The molecule has 1 N–H and O–H groups in total. The Morgan fingerprint density at radius 3 is 2.48 bits per heavy atom. The Bertz CT molecular complexity index is 924. The zero-order valence-electron chi connectivity index (χ0n) is 19.5. The number of hydrogen-bond acceptors (Lipinski definition) is 5. The van der Waals surface area contributed by atoms with Gasteiger partial charge in [0.25, 0.3) is 0 Å². The first kappa shape index (κ1) is 25.8.